The highest BCUT2D eigenvalue weighted by Gasteiger charge is 2.45. The van der Waals surface area contributed by atoms with Gasteiger partial charge in [-0.05, 0) is 60.0 Å². The van der Waals surface area contributed by atoms with Crippen molar-refractivity contribution >= 4 is 11.6 Å². The molecule has 1 N–H and O–H groups in total. The molecule has 1 nitrogen and oxygen atoms in total. The molecule has 1 fully saturated rings. The molecule has 1 spiro atoms. The maximum atomic E-state index is 6.23. The minimum absolute atomic E-state index is 0.375. The predicted molar refractivity (Wildman–Crippen MR) is 88.0 cm³/mol. The van der Waals surface area contributed by atoms with Crippen molar-refractivity contribution in [1.29, 1.82) is 0 Å². The van der Waals surface area contributed by atoms with Crippen LogP contribution in [0.25, 0.3) is 0 Å². The Hall–Kier alpha value is -1.31. The largest absolute Gasteiger partial charge is 0.316 e. The molecule has 4 rings (SSSR count). The fourth-order valence-electron chi connectivity index (χ4n) is 4.32. The van der Waals surface area contributed by atoms with Crippen molar-refractivity contribution in [1.82, 2.24) is 5.32 Å². The van der Waals surface area contributed by atoms with Crippen LogP contribution in [0.1, 0.15) is 29.0 Å². The molecule has 0 amide bonds. The topological polar surface area (TPSA) is 12.0 Å². The van der Waals surface area contributed by atoms with Crippen LogP contribution in [-0.2, 0) is 12.8 Å². The molecule has 1 heterocycles. The van der Waals surface area contributed by atoms with E-state index in [1.165, 1.54) is 24.8 Å². The molecule has 1 aliphatic carbocycles. The van der Waals surface area contributed by atoms with Crippen LogP contribution in [0.3, 0.4) is 0 Å². The van der Waals surface area contributed by atoms with E-state index in [0.29, 0.717) is 11.3 Å². The summed E-state index contributed by atoms with van der Waals surface area (Å²) in [6.45, 7) is 2.19. The molecule has 2 aliphatic rings. The summed E-state index contributed by atoms with van der Waals surface area (Å²) in [5, 5.41) is 4.44. The van der Waals surface area contributed by atoms with Gasteiger partial charge >= 0.3 is 0 Å². The van der Waals surface area contributed by atoms with E-state index in [-0.39, 0.29) is 0 Å². The van der Waals surface area contributed by atoms with Gasteiger partial charge in [-0.3, -0.25) is 0 Å². The Balaban J connectivity index is 1.73. The van der Waals surface area contributed by atoms with Gasteiger partial charge in [-0.15, -0.1) is 0 Å². The van der Waals surface area contributed by atoms with Gasteiger partial charge in [0.2, 0.25) is 0 Å². The average Bonchev–Trinajstić information content (AvgIpc) is 2.86. The van der Waals surface area contributed by atoms with E-state index in [9.17, 15) is 0 Å². The first-order chi connectivity index (χ1) is 10.3. The molecule has 2 aromatic rings. The van der Waals surface area contributed by atoms with Crippen LogP contribution in [0, 0.1) is 5.41 Å². The summed E-state index contributed by atoms with van der Waals surface area (Å²) in [7, 11) is 0. The first-order valence-electron chi connectivity index (χ1n) is 7.80. The number of hydrogen-bond acceptors (Lipinski definition) is 1. The minimum atomic E-state index is 0.375. The van der Waals surface area contributed by atoms with Crippen molar-refractivity contribution in [2.24, 2.45) is 5.41 Å². The standard InChI is InChI=1S/C19H20ClN/c20-17-7-3-6-14(10-17)18-13-21-9-8-19(18)11-15-4-1-2-5-16(15)12-19/h1-7,10,18,21H,8-9,11-13H2. The van der Waals surface area contributed by atoms with E-state index in [0.717, 1.165) is 18.1 Å². The summed E-state index contributed by atoms with van der Waals surface area (Å²) in [6.07, 6.45) is 3.67. The fourth-order valence-corrected chi connectivity index (χ4v) is 4.51. The van der Waals surface area contributed by atoms with Gasteiger partial charge in [-0.25, -0.2) is 0 Å². The molecule has 1 unspecified atom stereocenters. The average molecular weight is 298 g/mol. The Bertz CT molecular complexity index is 639. The molecular formula is C19H20ClN. The fraction of sp³-hybridized carbons (Fsp3) is 0.368. The third kappa shape index (κ3) is 2.29. The van der Waals surface area contributed by atoms with Crippen molar-refractivity contribution in [3.8, 4) is 0 Å². The van der Waals surface area contributed by atoms with E-state index in [1.54, 1.807) is 11.1 Å². The lowest BCUT2D eigenvalue weighted by Gasteiger charge is -2.42. The molecule has 1 aliphatic heterocycles. The third-order valence-electron chi connectivity index (χ3n) is 5.34. The number of rotatable bonds is 1. The molecule has 0 radical (unpaired) electrons. The van der Waals surface area contributed by atoms with Crippen LogP contribution in [0.2, 0.25) is 5.02 Å². The van der Waals surface area contributed by atoms with Gasteiger partial charge in [0.15, 0.2) is 0 Å². The molecule has 2 heteroatoms. The normalized spacial score (nSPS) is 23.2. The number of hydrogen-bond donors (Lipinski definition) is 1. The highest BCUT2D eigenvalue weighted by molar-refractivity contribution is 6.30. The molecule has 1 atom stereocenters. The zero-order chi connectivity index (χ0) is 14.3. The van der Waals surface area contributed by atoms with Crippen LogP contribution in [0.4, 0.5) is 0 Å². The van der Waals surface area contributed by atoms with Gasteiger partial charge in [0.05, 0.1) is 0 Å². The summed E-state index contributed by atoms with van der Waals surface area (Å²) in [4.78, 5) is 0. The maximum absolute atomic E-state index is 6.23. The second-order valence-electron chi connectivity index (χ2n) is 6.55. The highest BCUT2D eigenvalue weighted by atomic mass is 35.5. The number of fused-ring (bicyclic) bond motifs is 1. The molecule has 2 aromatic carbocycles. The smallest absolute Gasteiger partial charge is 0.0408 e. The third-order valence-corrected chi connectivity index (χ3v) is 5.58. The summed E-state index contributed by atoms with van der Waals surface area (Å²) >= 11 is 6.23. The Kier molecular flexibility index (Phi) is 3.28. The van der Waals surface area contributed by atoms with Crippen molar-refractivity contribution < 1.29 is 0 Å². The molecular weight excluding hydrogens is 278 g/mol. The molecule has 0 aromatic heterocycles. The second-order valence-corrected chi connectivity index (χ2v) is 6.98. The Morgan fingerprint density at radius 1 is 1.00 bits per heavy atom. The number of nitrogens with one attached hydrogen (secondary N) is 1. The molecule has 108 valence electrons. The van der Waals surface area contributed by atoms with Crippen molar-refractivity contribution in [2.45, 2.75) is 25.2 Å². The second kappa shape index (κ2) is 5.15. The van der Waals surface area contributed by atoms with Gasteiger partial charge in [0, 0.05) is 17.5 Å². The van der Waals surface area contributed by atoms with E-state index < -0.39 is 0 Å². The lowest BCUT2D eigenvalue weighted by Crippen LogP contribution is -2.44. The Morgan fingerprint density at radius 3 is 2.48 bits per heavy atom. The van der Waals surface area contributed by atoms with E-state index in [4.69, 9.17) is 11.6 Å². The predicted octanol–water partition coefficient (Wildman–Crippen LogP) is 4.20. The van der Waals surface area contributed by atoms with Crippen molar-refractivity contribution in [3.05, 3.63) is 70.2 Å². The molecule has 0 bridgehead atoms. The maximum Gasteiger partial charge on any atom is 0.0408 e. The van der Waals surface area contributed by atoms with Crippen LogP contribution in [0.15, 0.2) is 48.5 Å². The van der Waals surface area contributed by atoms with Gasteiger partial charge in [-0.2, -0.15) is 0 Å². The van der Waals surface area contributed by atoms with Crippen LogP contribution >= 0.6 is 11.6 Å². The molecule has 1 saturated heterocycles. The van der Waals surface area contributed by atoms with Crippen LogP contribution < -0.4 is 5.32 Å². The minimum Gasteiger partial charge on any atom is -0.316 e. The number of benzene rings is 2. The van der Waals surface area contributed by atoms with Gasteiger partial charge < -0.3 is 5.32 Å². The van der Waals surface area contributed by atoms with E-state index in [2.05, 4.69) is 47.8 Å². The highest BCUT2D eigenvalue weighted by Crippen LogP contribution is 2.50. The van der Waals surface area contributed by atoms with Crippen molar-refractivity contribution in [2.75, 3.05) is 13.1 Å². The molecule has 21 heavy (non-hydrogen) atoms. The van der Waals surface area contributed by atoms with Crippen molar-refractivity contribution in [3.63, 3.8) is 0 Å². The SMILES string of the molecule is Clc1cccc(C2CNCCC23Cc2ccccc2C3)c1. The number of piperidine rings is 1. The van der Waals surface area contributed by atoms with Gasteiger partial charge in [-0.1, -0.05) is 48.0 Å². The lowest BCUT2D eigenvalue weighted by molar-refractivity contribution is 0.175. The summed E-state index contributed by atoms with van der Waals surface area (Å²) in [5.74, 6) is 0.553. The summed E-state index contributed by atoms with van der Waals surface area (Å²) < 4.78 is 0. The zero-order valence-electron chi connectivity index (χ0n) is 12.1. The Labute approximate surface area is 131 Å². The Morgan fingerprint density at radius 2 is 1.76 bits per heavy atom. The van der Waals surface area contributed by atoms with Gasteiger partial charge in [0.1, 0.15) is 0 Å². The first kappa shape index (κ1) is 13.4. The summed E-state index contributed by atoms with van der Waals surface area (Å²) in [6, 6.07) is 17.4. The van der Waals surface area contributed by atoms with Crippen LogP contribution in [-0.4, -0.2) is 13.1 Å². The first-order valence-corrected chi connectivity index (χ1v) is 8.18. The van der Waals surface area contributed by atoms with E-state index >= 15 is 0 Å². The van der Waals surface area contributed by atoms with E-state index in [1.807, 2.05) is 6.07 Å². The lowest BCUT2D eigenvalue weighted by atomic mass is 9.66. The van der Waals surface area contributed by atoms with Crippen LogP contribution in [0.5, 0.6) is 0 Å². The summed E-state index contributed by atoms with van der Waals surface area (Å²) in [5.41, 5.74) is 4.86. The van der Waals surface area contributed by atoms with Gasteiger partial charge in [0.25, 0.3) is 0 Å². The quantitative estimate of drug-likeness (QED) is 0.832. The monoisotopic (exact) mass is 297 g/mol. The molecule has 0 saturated carbocycles. The zero-order valence-corrected chi connectivity index (χ0v) is 12.9. The number of halogens is 1.